The van der Waals surface area contributed by atoms with Gasteiger partial charge in [0.15, 0.2) is 0 Å². The molecule has 4 nitrogen and oxygen atoms in total. The topological polar surface area (TPSA) is 76.8 Å². The third-order valence-electron chi connectivity index (χ3n) is 2.93. The van der Waals surface area contributed by atoms with E-state index in [0.717, 1.165) is 16.7 Å². The van der Waals surface area contributed by atoms with Crippen molar-refractivity contribution in [2.45, 2.75) is 6.92 Å². The Morgan fingerprint density at radius 3 is 1.86 bits per heavy atom. The van der Waals surface area contributed by atoms with Crippen LogP contribution in [0.5, 0.6) is 0 Å². The second kappa shape index (κ2) is 7.05. The largest absolute Gasteiger partial charge is 0.369 e. The quantitative estimate of drug-likeness (QED) is 0.512. The van der Waals surface area contributed by atoms with Gasteiger partial charge in [0, 0.05) is 5.56 Å². The molecule has 0 spiro atoms. The van der Waals surface area contributed by atoms with Crippen LogP contribution in [-0.4, -0.2) is 11.7 Å². The van der Waals surface area contributed by atoms with E-state index < -0.39 is 0 Å². The molecule has 0 aliphatic heterocycles. The predicted molar refractivity (Wildman–Crippen MR) is 88.9 cm³/mol. The van der Waals surface area contributed by atoms with Gasteiger partial charge in [-0.1, -0.05) is 60.7 Å². The number of benzene rings is 2. The summed E-state index contributed by atoms with van der Waals surface area (Å²) < 4.78 is 0. The van der Waals surface area contributed by atoms with E-state index in [-0.39, 0.29) is 5.96 Å². The Hall–Kier alpha value is -2.88. The molecule has 0 unspecified atom stereocenters. The number of nitrogens with zero attached hydrogens (tertiary/aromatic N) is 2. The molecule has 0 saturated carbocycles. The molecular formula is C17H18N4. The first-order chi connectivity index (χ1) is 10.2. The molecule has 0 bridgehead atoms. The van der Waals surface area contributed by atoms with Crippen molar-refractivity contribution in [3.8, 4) is 0 Å². The summed E-state index contributed by atoms with van der Waals surface area (Å²) in [5, 5.41) is 7.90. The second-order valence-electron chi connectivity index (χ2n) is 4.57. The van der Waals surface area contributed by atoms with Crippen LogP contribution in [0.4, 0.5) is 0 Å². The molecule has 4 heteroatoms. The summed E-state index contributed by atoms with van der Waals surface area (Å²) in [6.45, 7) is 2.03. The first kappa shape index (κ1) is 14.5. The molecule has 0 heterocycles. The van der Waals surface area contributed by atoms with E-state index in [2.05, 4.69) is 22.3 Å². The van der Waals surface area contributed by atoms with Gasteiger partial charge >= 0.3 is 0 Å². The summed E-state index contributed by atoms with van der Waals surface area (Å²) in [5.41, 5.74) is 14.6. The highest BCUT2D eigenvalue weighted by Crippen LogP contribution is 2.15. The molecule has 0 radical (unpaired) electrons. The Balaban J connectivity index is 2.42. The molecule has 0 fully saturated rings. The van der Waals surface area contributed by atoms with Gasteiger partial charge < -0.3 is 11.5 Å². The molecule has 0 saturated heterocycles. The molecule has 2 aromatic rings. The molecule has 2 aromatic carbocycles. The zero-order chi connectivity index (χ0) is 15.1. The lowest BCUT2D eigenvalue weighted by molar-refractivity contribution is 1.20. The van der Waals surface area contributed by atoms with E-state index in [1.54, 1.807) is 0 Å². The van der Waals surface area contributed by atoms with Gasteiger partial charge in [-0.25, -0.2) is 0 Å². The van der Waals surface area contributed by atoms with Crippen LogP contribution in [0.2, 0.25) is 0 Å². The fourth-order valence-electron chi connectivity index (χ4n) is 1.88. The van der Waals surface area contributed by atoms with Crippen LogP contribution in [0.3, 0.4) is 0 Å². The number of nitrogens with two attached hydrogens (primary N) is 2. The SMILES string of the molecule is C/C(=C\C(=N\N=C(N)N)c1ccccc1)c1ccccc1. The lowest BCUT2D eigenvalue weighted by Crippen LogP contribution is -2.22. The van der Waals surface area contributed by atoms with Crippen LogP contribution in [0.15, 0.2) is 76.9 Å². The minimum absolute atomic E-state index is 0.0609. The minimum Gasteiger partial charge on any atom is -0.369 e. The van der Waals surface area contributed by atoms with Crippen molar-refractivity contribution < 1.29 is 0 Å². The van der Waals surface area contributed by atoms with Gasteiger partial charge in [-0.3, -0.25) is 0 Å². The summed E-state index contributed by atoms with van der Waals surface area (Å²) >= 11 is 0. The summed E-state index contributed by atoms with van der Waals surface area (Å²) in [6, 6.07) is 19.9. The van der Waals surface area contributed by atoms with Crippen molar-refractivity contribution in [2.75, 3.05) is 0 Å². The molecule has 2 rings (SSSR count). The van der Waals surface area contributed by atoms with Crippen LogP contribution in [-0.2, 0) is 0 Å². The third kappa shape index (κ3) is 4.31. The van der Waals surface area contributed by atoms with Crippen LogP contribution in [0.1, 0.15) is 18.1 Å². The molecule has 0 aromatic heterocycles. The van der Waals surface area contributed by atoms with Crippen molar-refractivity contribution in [1.82, 2.24) is 0 Å². The zero-order valence-corrected chi connectivity index (χ0v) is 11.9. The van der Waals surface area contributed by atoms with Crippen molar-refractivity contribution >= 4 is 17.2 Å². The number of hydrogen-bond donors (Lipinski definition) is 2. The van der Waals surface area contributed by atoms with Crippen molar-refractivity contribution in [2.24, 2.45) is 21.7 Å². The molecule has 0 atom stereocenters. The summed E-state index contributed by atoms with van der Waals surface area (Å²) in [7, 11) is 0. The van der Waals surface area contributed by atoms with Crippen molar-refractivity contribution in [1.29, 1.82) is 0 Å². The normalized spacial score (nSPS) is 12.0. The Bertz CT molecular complexity index is 666. The zero-order valence-electron chi connectivity index (χ0n) is 11.9. The molecule has 0 aliphatic rings. The first-order valence-electron chi connectivity index (χ1n) is 6.62. The maximum absolute atomic E-state index is 5.36. The summed E-state index contributed by atoms with van der Waals surface area (Å²) in [5.74, 6) is -0.0609. The predicted octanol–water partition coefficient (Wildman–Crippen LogP) is 2.77. The minimum atomic E-state index is -0.0609. The number of guanidine groups is 1. The van der Waals surface area contributed by atoms with Gasteiger partial charge in [0.2, 0.25) is 5.96 Å². The smallest absolute Gasteiger partial charge is 0.211 e. The maximum Gasteiger partial charge on any atom is 0.211 e. The van der Waals surface area contributed by atoms with Gasteiger partial charge in [0.1, 0.15) is 0 Å². The van der Waals surface area contributed by atoms with Gasteiger partial charge in [-0.2, -0.15) is 0 Å². The molecule has 21 heavy (non-hydrogen) atoms. The van der Waals surface area contributed by atoms with E-state index in [9.17, 15) is 0 Å². The number of hydrogen-bond acceptors (Lipinski definition) is 2. The van der Waals surface area contributed by atoms with Gasteiger partial charge in [0.25, 0.3) is 0 Å². The molecule has 4 N–H and O–H groups in total. The van der Waals surface area contributed by atoms with E-state index in [0.29, 0.717) is 5.71 Å². The van der Waals surface area contributed by atoms with E-state index in [1.807, 2.05) is 61.5 Å². The van der Waals surface area contributed by atoms with Crippen LogP contribution >= 0.6 is 0 Å². The van der Waals surface area contributed by atoms with Crippen LogP contribution < -0.4 is 11.5 Å². The fourth-order valence-corrected chi connectivity index (χ4v) is 1.88. The van der Waals surface area contributed by atoms with E-state index in [1.165, 1.54) is 0 Å². The molecular weight excluding hydrogens is 260 g/mol. The average molecular weight is 278 g/mol. The van der Waals surface area contributed by atoms with Gasteiger partial charge in [-0.05, 0) is 24.1 Å². The van der Waals surface area contributed by atoms with Crippen LogP contribution in [0, 0.1) is 0 Å². The fraction of sp³-hybridized carbons (Fsp3) is 0.0588. The number of rotatable bonds is 4. The third-order valence-corrected chi connectivity index (χ3v) is 2.93. The van der Waals surface area contributed by atoms with Crippen molar-refractivity contribution in [3.05, 3.63) is 77.9 Å². The lowest BCUT2D eigenvalue weighted by atomic mass is 10.0. The Kier molecular flexibility index (Phi) is 4.88. The lowest BCUT2D eigenvalue weighted by Gasteiger charge is -2.04. The highest BCUT2D eigenvalue weighted by molar-refractivity contribution is 6.12. The molecule has 0 amide bonds. The molecule has 0 aliphatic carbocycles. The standard InChI is InChI=1S/C17H18N4/c1-13(14-8-4-2-5-9-14)12-16(20-21-17(18)19)15-10-6-3-7-11-15/h2-12H,1H3,(H4,18,19,21)/b13-12+,20-16-. The molecule has 106 valence electrons. The average Bonchev–Trinajstić information content (AvgIpc) is 2.52. The first-order valence-corrected chi connectivity index (χ1v) is 6.62. The van der Waals surface area contributed by atoms with Crippen molar-refractivity contribution in [3.63, 3.8) is 0 Å². The van der Waals surface area contributed by atoms with E-state index in [4.69, 9.17) is 11.5 Å². The van der Waals surface area contributed by atoms with Crippen LogP contribution in [0.25, 0.3) is 5.57 Å². The van der Waals surface area contributed by atoms with Gasteiger partial charge in [-0.15, -0.1) is 10.2 Å². The Morgan fingerprint density at radius 2 is 1.33 bits per heavy atom. The monoisotopic (exact) mass is 278 g/mol. The highest BCUT2D eigenvalue weighted by atomic mass is 15.3. The van der Waals surface area contributed by atoms with Gasteiger partial charge in [0.05, 0.1) is 5.71 Å². The summed E-state index contributed by atoms with van der Waals surface area (Å²) in [4.78, 5) is 0. The Morgan fingerprint density at radius 1 is 0.810 bits per heavy atom. The second-order valence-corrected chi connectivity index (χ2v) is 4.57. The maximum atomic E-state index is 5.36. The Labute approximate surface area is 124 Å². The summed E-state index contributed by atoms with van der Waals surface area (Å²) in [6.07, 6.45) is 1.97. The van der Waals surface area contributed by atoms with E-state index >= 15 is 0 Å². The number of allylic oxidation sites excluding steroid dienone is 2. The highest BCUT2D eigenvalue weighted by Gasteiger charge is 2.02.